The summed E-state index contributed by atoms with van der Waals surface area (Å²) in [5.74, 6) is 2.01. The maximum atomic E-state index is 13.9. The number of nitrogens with zero attached hydrogens (tertiary/aromatic N) is 4. The minimum absolute atomic E-state index is 0.0190. The first-order valence-electron chi connectivity index (χ1n) is 13.4. The number of carbonyl (C=O) groups excluding carboxylic acids is 1. The third-order valence-electron chi connectivity index (χ3n) is 7.89. The quantitative estimate of drug-likeness (QED) is 0.263. The summed E-state index contributed by atoms with van der Waals surface area (Å²) in [5, 5.41) is 15.0. The highest BCUT2D eigenvalue weighted by atomic mass is 16.2. The zero-order chi connectivity index (χ0) is 25.7. The second-order valence-electron chi connectivity index (χ2n) is 11.0. The predicted molar refractivity (Wildman–Crippen MR) is 144 cm³/mol. The summed E-state index contributed by atoms with van der Waals surface area (Å²) in [5.41, 5.74) is 6.90. The second-order valence-corrected chi connectivity index (χ2v) is 11.0. The third-order valence-corrected chi connectivity index (χ3v) is 7.89. The topological polar surface area (TPSA) is 104 Å². The number of aromatic nitrogens is 6. The molecule has 3 heterocycles. The SMILES string of the molecule is Cc1n[nH]c(C)c1-c1ccc(NC(=O)C(c2ncc(-c3ccnn3C(C)C)[nH]2)C(C2CC2)C2CC2)cc1. The number of benzene rings is 1. The van der Waals surface area contributed by atoms with Crippen LogP contribution in [0.2, 0.25) is 0 Å². The van der Waals surface area contributed by atoms with Gasteiger partial charge in [0.25, 0.3) is 0 Å². The fourth-order valence-corrected chi connectivity index (χ4v) is 5.85. The van der Waals surface area contributed by atoms with Crippen molar-refractivity contribution < 1.29 is 4.79 Å². The Labute approximate surface area is 217 Å². The van der Waals surface area contributed by atoms with Crippen molar-refractivity contribution in [2.45, 2.75) is 65.3 Å². The number of H-pyrrole nitrogens is 2. The highest BCUT2D eigenvalue weighted by molar-refractivity contribution is 5.96. The van der Waals surface area contributed by atoms with Crippen LogP contribution in [0.5, 0.6) is 0 Å². The Bertz CT molecular complexity index is 1370. The summed E-state index contributed by atoms with van der Waals surface area (Å²) in [6.45, 7) is 8.25. The molecular formula is C29H35N7O. The summed E-state index contributed by atoms with van der Waals surface area (Å²) < 4.78 is 1.98. The van der Waals surface area contributed by atoms with E-state index in [1.165, 1.54) is 25.7 Å². The number of aromatic amines is 2. The molecule has 6 rings (SSSR count). The summed E-state index contributed by atoms with van der Waals surface area (Å²) in [4.78, 5) is 22.2. The lowest BCUT2D eigenvalue weighted by molar-refractivity contribution is -0.119. The van der Waals surface area contributed by atoms with Crippen LogP contribution in [0.3, 0.4) is 0 Å². The van der Waals surface area contributed by atoms with Crippen LogP contribution in [0.1, 0.15) is 68.7 Å². The zero-order valence-electron chi connectivity index (χ0n) is 22.0. The average Bonchev–Trinajstić information content (AvgIpc) is 3.76. The van der Waals surface area contributed by atoms with Crippen LogP contribution in [0, 0.1) is 31.6 Å². The van der Waals surface area contributed by atoms with Crippen LogP contribution >= 0.6 is 0 Å². The van der Waals surface area contributed by atoms with Crippen molar-refractivity contribution in [3.8, 4) is 22.5 Å². The van der Waals surface area contributed by atoms with Gasteiger partial charge in [-0.05, 0) is 94.9 Å². The molecule has 2 aliphatic rings. The van der Waals surface area contributed by atoms with Crippen molar-refractivity contribution in [1.82, 2.24) is 29.9 Å². The normalized spacial score (nSPS) is 16.5. The van der Waals surface area contributed by atoms with E-state index in [1.54, 1.807) is 0 Å². The molecule has 1 amide bonds. The summed E-state index contributed by atoms with van der Waals surface area (Å²) in [7, 11) is 0. The van der Waals surface area contributed by atoms with E-state index in [-0.39, 0.29) is 17.9 Å². The molecule has 2 aliphatic carbocycles. The zero-order valence-corrected chi connectivity index (χ0v) is 22.0. The van der Waals surface area contributed by atoms with Gasteiger partial charge in [0.2, 0.25) is 5.91 Å². The number of carbonyl (C=O) groups is 1. The van der Waals surface area contributed by atoms with E-state index < -0.39 is 0 Å². The third kappa shape index (κ3) is 4.61. The molecule has 1 aromatic carbocycles. The number of anilines is 1. The van der Waals surface area contributed by atoms with Crippen molar-refractivity contribution in [2.75, 3.05) is 5.32 Å². The summed E-state index contributed by atoms with van der Waals surface area (Å²) in [6, 6.07) is 10.3. The van der Waals surface area contributed by atoms with E-state index in [1.807, 2.05) is 61.3 Å². The number of imidazole rings is 1. The van der Waals surface area contributed by atoms with Gasteiger partial charge >= 0.3 is 0 Å². The molecule has 0 saturated heterocycles. The molecule has 0 bridgehead atoms. The fourth-order valence-electron chi connectivity index (χ4n) is 5.85. The molecule has 8 nitrogen and oxygen atoms in total. The molecule has 0 radical (unpaired) electrons. The first kappa shape index (κ1) is 23.7. The minimum Gasteiger partial charge on any atom is -0.340 e. The largest absolute Gasteiger partial charge is 0.340 e. The number of rotatable bonds is 9. The lowest BCUT2D eigenvalue weighted by atomic mass is 9.82. The molecular weight excluding hydrogens is 462 g/mol. The minimum atomic E-state index is -0.304. The van der Waals surface area contributed by atoms with Gasteiger partial charge in [-0.2, -0.15) is 10.2 Å². The first-order chi connectivity index (χ1) is 17.9. The number of hydrogen-bond donors (Lipinski definition) is 3. The second kappa shape index (κ2) is 9.32. The van der Waals surface area contributed by atoms with Gasteiger partial charge < -0.3 is 10.3 Å². The Kier molecular flexibility index (Phi) is 5.97. The van der Waals surface area contributed by atoms with E-state index in [0.717, 1.165) is 45.4 Å². The van der Waals surface area contributed by atoms with Gasteiger partial charge in [0.15, 0.2) is 0 Å². The average molecular weight is 498 g/mol. The maximum absolute atomic E-state index is 13.9. The summed E-state index contributed by atoms with van der Waals surface area (Å²) in [6.07, 6.45) is 8.49. The number of hydrogen-bond acceptors (Lipinski definition) is 4. The van der Waals surface area contributed by atoms with Crippen molar-refractivity contribution in [3.63, 3.8) is 0 Å². The van der Waals surface area contributed by atoms with Crippen LogP contribution in [-0.4, -0.2) is 35.9 Å². The van der Waals surface area contributed by atoms with Crippen LogP contribution < -0.4 is 5.32 Å². The van der Waals surface area contributed by atoms with Gasteiger partial charge in [-0.15, -0.1) is 0 Å². The lowest BCUT2D eigenvalue weighted by Gasteiger charge is -2.25. The Morgan fingerprint density at radius 2 is 1.76 bits per heavy atom. The number of aryl methyl sites for hydroxylation is 2. The molecule has 2 fully saturated rings. The Hall–Kier alpha value is -3.68. The van der Waals surface area contributed by atoms with Crippen LogP contribution in [-0.2, 0) is 4.79 Å². The van der Waals surface area contributed by atoms with Crippen molar-refractivity contribution >= 4 is 11.6 Å². The molecule has 37 heavy (non-hydrogen) atoms. The standard InChI is InChI=1S/C29H35N7O/c1-16(2)36-24(13-14-31-36)23-15-30-28(33-23)27(26(20-5-6-20)21-7-8-21)29(37)32-22-11-9-19(10-12-22)25-17(3)34-35-18(25)4/h9-16,20-21,26-27H,5-8H2,1-4H3,(H,30,33)(H,32,37)(H,34,35). The molecule has 2 saturated carbocycles. The molecule has 3 N–H and O–H groups in total. The molecule has 8 heteroatoms. The Morgan fingerprint density at radius 1 is 1.05 bits per heavy atom. The highest BCUT2D eigenvalue weighted by Gasteiger charge is 2.49. The Morgan fingerprint density at radius 3 is 2.35 bits per heavy atom. The first-order valence-corrected chi connectivity index (χ1v) is 13.4. The van der Waals surface area contributed by atoms with E-state index in [9.17, 15) is 4.79 Å². The van der Waals surface area contributed by atoms with Gasteiger partial charge in [-0.25, -0.2) is 4.98 Å². The van der Waals surface area contributed by atoms with Crippen molar-refractivity contribution in [1.29, 1.82) is 0 Å². The number of amides is 1. The van der Waals surface area contributed by atoms with Crippen LogP contribution in [0.15, 0.2) is 42.7 Å². The number of nitrogens with one attached hydrogen (secondary N) is 3. The lowest BCUT2D eigenvalue weighted by Crippen LogP contribution is -2.31. The van der Waals surface area contributed by atoms with Gasteiger partial charge in [0.1, 0.15) is 5.82 Å². The van der Waals surface area contributed by atoms with Crippen LogP contribution in [0.25, 0.3) is 22.5 Å². The monoisotopic (exact) mass is 497 g/mol. The smallest absolute Gasteiger partial charge is 0.235 e. The molecule has 1 atom stereocenters. The molecule has 0 spiro atoms. The maximum Gasteiger partial charge on any atom is 0.235 e. The molecule has 0 aliphatic heterocycles. The van der Waals surface area contributed by atoms with E-state index in [4.69, 9.17) is 4.98 Å². The summed E-state index contributed by atoms with van der Waals surface area (Å²) >= 11 is 0. The highest BCUT2D eigenvalue weighted by Crippen LogP contribution is 2.54. The molecule has 192 valence electrons. The van der Waals surface area contributed by atoms with E-state index >= 15 is 0 Å². The van der Waals surface area contributed by atoms with E-state index in [0.29, 0.717) is 17.8 Å². The van der Waals surface area contributed by atoms with Gasteiger partial charge in [0, 0.05) is 29.2 Å². The molecule has 4 aromatic rings. The fraction of sp³-hybridized carbons (Fsp3) is 0.448. The Balaban J connectivity index is 1.29. The van der Waals surface area contributed by atoms with Gasteiger partial charge in [0.05, 0.1) is 29.2 Å². The van der Waals surface area contributed by atoms with Gasteiger partial charge in [-0.1, -0.05) is 12.1 Å². The van der Waals surface area contributed by atoms with Crippen molar-refractivity contribution in [3.05, 3.63) is 59.9 Å². The van der Waals surface area contributed by atoms with Crippen molar-refractivity contribution in [2.24, 2.45) is 17.8 Å². The van der Waals surface area contributed by atoms with E-state index in [2.05, 4.69) is 39.4 Å². The predicted octanol–water partition coefficient (Wildman–Crippen LogP) is 6.02. The molecule has 1 unspecified atom stereocenters. The van der Waals surface area contributed by atoms with Gasteiger partial charge in [-0.3, -0.25) is 14.6 Å². The molecule has 3 aromatic heterocycles. The van der Waals surface area contributed by atoms with Crippen LogP contribution in [0.4, 0.5) is 5.69 Å².